The van der Waals surface area contributed by atoms with Crippen molar-refractivity contribution in [1.29, 1.82) is 5.26 Å². The maximum absolute atomic E-state index is 11.4. The Labute approximate surface area is 138 Å². The molecule has 2 rings (SSSR count). The second-order valence-electron chi connectivity index (χ2n) is 5.51. The molecule has 0 spiro atoms. The highest BCUT2D eigenvalue weighted by molar-refractivity contribution is 5.93. The molecule has 24 heavy (non-hydrogen) atoms. The normalized spacial score (nSPS) is 14.7. The Morgan fingerprint density at radius 2 is 2.08 bits per heavy atom. The van der Waals surface area contributed by atoms with E-state index < -0.39 is 10.8 Å². The van der Waals surface area contributed by atoms with E-state index >= 15 is 0 Å². The minimum atomic E-state index is -0.526. The number of nitrogens with two attached hydrogens (primary N) is 1. The molecule has 1 fully saturated rings. The SMILES string of the molecule is N#CCC(=O)Nc1ccc(N2CCC(C(N)=O)CC2)c([N+](=O)[O-])c1. The number of anilines is 2. The van der Waals surface area contributed by atoms with Crippen LogP contribution < -0.4 is 16.0 Å². The minimum absolute atomic E-state index is 0.137. The quantitative estimate of drug-likeness (QED) is 0.612. The monoisotopic (exact) mass is 331 g/mol. The fraction of sp³-hybridized carbons (Fsp3) is 0.400. The van der Waals surface area contributed by atoms with Crippen LogP contribution in [0.3, 0.4) is 0 Å². The average Bonchev–Trinajstić information content (AvgIpc) is 2.55. The van der Waals surface area contributed by atoms with Crippen molar-refractivity contribution in [3.63, 3.8) is 0 Å². The third-order valence-electron chi connectivity index (χ3n) is 3.93. The summed E-state index contributed by atoms with van der Waals surface area (Å²) < 4.78 is 0. The second kappa shape index (κ2) is 7.41. The summed E-state index contributed by atoms with van der Waals surface area (Å²) in [7, 11) is 0. The van der Waals surface area contributed by atoms with Crippen molar-refractivity contribution in [2.75, 3.05) is 23.3 Å². The van der Waals surface area contributed by atoms with Crippen LogP contribution in [-0.2, 0) is 9.59 Å². The van der Waals surface area contributed by atoms with E-state index in [1.807, 2.05) is 4.90 Å². The number of hydrogen-bond donors (Lipinski definition) is 2. The molecule has 0 bridgehead atoms. The first-order valence-electron chi connectivity index (χ1n) is 7.42. The minimum Gasteiger partial charge on any atom is -0.369 e. The van der Waals surface area contributed by atoms with Gasteiger partial charge in [-0.15, -0.1) is 0 Å². The topological polar surface area (TPSA) is 142 Å². The molecule has 1 aliphatic rings. The van der Waals surface area contributed by atoms with E-state index in [4.69, 9.17) is 11.0 Å². The first-order valence-corrected chi connectivity index (χ1v) is 7.42. The highest BCUT2D eigenvalue weighted by Crippen LogP contribution is 2.33. The molecular weight excluding hydrogens is 314 g/mol. The molecule has 1 heterocycles. The highest BCUT2D eigenvalue weighted by atomic mass is 16.6. The summed E-state index contributed by atoms with van der Waals surface area (Å²) in [4.78, 5) is 35.3. The lowest BCUT2D eigenvalue weighted by atomic mass is 9.96. The van der Waals surface area contributed by atoms with E-state index in [0.29, 0.717) is 31.6 Å². The fourth-order valence-corrected chi connectivity index (χ4v) is 2.70. The number of piperidine rings is 1. The first kappa shape index (κ1) is 17.2. The number of amides is 2. The number of nitro groups is 1. The zero-order valence-electron chi connectivity index (χ0n) is 12.9. The van der Waals surface area contributed by atoms with E-state index in [2.05, 4.69) is 5.32 Å². The number of nitriles is 1. The molecule has 2 amide bonds. The number of rotatable bonds is 5. The predicted molar refractivity (Wildman–Crippen MR) is 86.1 cm³/mol. The van der Waals surface area contributed by atoms with Gasteiger partial charge in [0.25, 0.3) is 5.69 Å². The summed E-state index contributed by atoms with van der Waals surface area (Å²) in [5.41, 5.74) is 5.85. The summed E-state index contributed by atoms with van der Waals surface area (Å²) in [6, 6.07) is 6.09. The van der Waals surface area contributed by atoms with Crippen molar-refractivity contribution in [3.8, 4) is 6.07 Å². The Morgan fingerprint density at radius 3 is 2.62 bits per heavy atom. The molecule has 0 atom stereocenters. The van der Waals surface area contributed by atoms with Crippen molar-refractivity contribution in [1.82, 2.24) is 0 Å². The van der Waals surface area contributed by atoms with Gasteiger partial charge in [-0.2, -0.15) is 5.26 Å². The van der Waals surface area contributed by atoms with Crippen molar-refractivity contribution in [3.05, 3.63) is 28.3 Å². The van der Waals surface area contributed by atoms with Gasteiger partial charge >= 0.3 is 0 Å². The largest absolute Gasteiger partial charge is 0.369 e. The maximum Gasteiger partial charge on any atom is 0.294 e. The molecular formula is C15H17N5O4. The Kier molecular flexibility index (Phi) is 5.31. The maximum atomic E-state index is 11.4. The van der Waals surface area contributed by atoms with Gasteiger partial charge in [-0.3, -0.25) is 19.7 Å². The number of nitro benzene ring substituents is 1. The van der Waals surface area contributed by atoms with Crippen molar-refractivity contribution in [2.45, 2.75) is 19.3 Å². The van der Waals surface area contributed by atoms with Gasteiger partial charge in [0.2, 0.25) is 11.8 Å². The molecule has 0 aromatic heterocycles. The van der Waals surface area contributed by atoms with Crippen LogP contribution >= 0.6 is 0 Å². The summed E-state index contributed by atoms with van der Waals surface area (Å²) in [5.74, 6) is -1.08. The first-order chi connectivity index (χ1) is 11.4. The molecule has 0 unspecified atom stereocenters. The summed E-state index contributed by atoms with van der Waals surface area (Å²) >= 11 is 0. The van der Waals surface area contributed by atoms with Crippen LogP contribution in [0.1, 0.15) is 19.3 Å². The fourth-order valence-electron chi connectivity index (χ4n) is 2.70. The lowest BCUT2D eigenvalue weighted by molar-refractivity contribution is -0.384. The van der Waals surface area contributed by atoms with Gasteiger partial charge in [-0.1, -0.05) is 0 Å². The van der Waals surface area contributed by atoms with Gasteiger partial charge in [-0.25, -0.2) is 0 Å². The van der Waals surface area contributed by atoms with Gasteiger partial charge in [0.15, 0.2) is 0 Å². The van der Waals surface area contributed by atoms with Gasteiger partial charge in [-0.05, 0) is 25.0 Å². The number of hydrogen-bond acceptors (Lipinski definition) is 6. The Balaban J connectivity index is 2.19. The lowest BCUT2D eigenvalue weighted by Gasteiger charge is -2.32. The van der Waals surface area contributed by atoms with Crippen LogP contribution in [0.4, 0.5) is 17.1 Å². The average molecular weight is 331 g/mol. The highest BCUT2D eigenvalue weighted by Gasteiger charge is 2.27. The third kappa shape index (κ3) is 3.98. The summed E-state index contributed by atoms with van der Waals surface area (Å²) in [6.45, 7) is 0.989. The number of primary amides is 1. The molecule has 1 aliphatic heterocycles. The van der Waals surface area contributed by atoms with Crippen LogP contribution in [0.15, 0.2) is 18.2 Å². The van der Waals surface area contributed by atoms with Crippen molar-refractivity contribution < 1.29 is 14.5 Å². The zero-order valence-corrected chi connectivity index (χ0v) is 12.9. The Hall–Kier alpha value is -3.15. The van der Waals surface area contributed by atoms with Crippen LogP contribution in [0.5, 0.6) is 0 Å². The molecule has 1 saturated heterocycles. The number of benzene rings is 1. The molecule has 0 saturated carbocycles. The molecule has 0 radical (unpaired) electrons. The van der Waals surface area contributed by atoms with Crippen LogP contribution in [-0.4, -0.2) is 29.8 Å². The Bertz CT molecular complexity index is 704. The van der Waals surface area contributed by atoms with Crippen molar-refractivity contribution >= 4 is 28.9 Å². The number of nitrogens with one attached hydrogen (secondary N) is 1. The van der Waals surface area contributed by atoms with E-state index in [-0.39, 0.29) is 29.6 Å². The standard InChI is InChI=1S/C15H17N5O4/c16-6-3-14(21)18-11-1-2-12(13(9-11)20(23)24)19-7-4-10(5-8-19)15(17)22/h1-2,9-10H,3-5,7-8H2,(H2,17,22)(H,18,21). The molecule has 126 valence electrons. The van der Waals surface area contributed by atoms with Gasteiger partial charge in [0.1, 0.15) is 12.1 Å². The molecule has 3 N–H and O–H groups in total. The number of nitrogens with zero attached hydrogens (tertiary/aromatic N) is 3. The smallest absolute Gasteiger partial charge is 0.294 e. The molecule has 9 heteroatoms. The molecule has 1 aromatic carbocycles. The number of carbonyl (C=O) groups is 2. The zero-order chi connectivity index (χ0) is 17.7. The number of carbonyl (C=O) groups excluding carboxylic acids is 2. The van der Waals surface area contributed by atoms with Crippen LogP contribution in [0, 0.1) is 27.4 Å². The van der Waals surface area contributed by atoms with Crippen molar-refractivity contribution in [2.24, 2.45) is 11.7 Å². The van der Waals surface area contributed by atoms with E-state index in [0.717, 1.165) is 0 Å². The molecule has 0 aliphatic carbocycles. The second-order valence-corrected chi connectivity index (χ2v) is 5.51. The van der Waals surface area contributed by atoms with E-state index in [9.17, 15) is 19.7 Å². The van der Waals surface area contributed by atoms with Gasteiger partial charge in [0, 0.05) is 30.8 Å². The molecule has 1 aromatic rings. The third-order valence-corrected chi connectivity index (χ3v) is 3.93. The molecule has 9 nitrogen and oxygen atoms in total. The van der Waals surface area contributed by atoms with E-state index in [1.54, 1.807) is 18.2 Å². The van der Waals surface area contributed by atoms with E-state index in [1.165, 1.54) is 6.07 Å². The van der Waals surface area contributed by atoms with Crippen LogP contribution in [0.25, 0.3) is 0 Å². The lowest BCUT2D eigenvalue weighted by Crippen LogP contribution is -2.38. The predicted octanol–water partition coefficient (Wildman–Crippen LogP) is 1.15. The van der Waals surface area contributed by atoms with Crippen LogP contribution in [0.2, 0.25) is 0 Å². The van der Waals surface area contributed by atoms with Gasteiger partial charge in [0.05, 0.1) is 11.0 Å². The summed E-state index contributed by atoms with van der Waals surface area (Å²) in [6.07, 6.45) is 0.774. The summed E-state index contributed by atoms with van der Waals surface area (Å²) in [5, 5.41) is 22.3. The van der Waals surface area contributed by atoms with Gasteiger partial charge < -0.3 is 16.0 Å². The Morgan fingerprint density at radius 1 is 1.42 bits per heavy atom.